The predicted molar refractivity (Wildman–Crippen MR) is 559 cm³/mol. The summed E-state index contributed by atoms with van der Waals surface area (Å²) in [6.45, 7) is 26.3. The van der Waals surface area contributed by atoms with Crippen LogP contribution in [0.2, 0.25) is 0 Å². The largest absolute Gasteiger partial charge is 3.00 e. The molecule has 1 aromatic heterocycles. The van der Waals surface area contributed by atoms with Gasteiger partial charge < -0.3 is 38.7 Å². The fraction of sp³-hybridized carbons (Fsp3) is 0.536. The minimum atomic E-state index is 0. The van der Waals surface area contributed by atoms with Crippen molar-refractivity contribution < 1.29 is 37.4 Å². The molecule has 1 fully saturated rings. The maximum atomic E-state index is 5.45. The van der Waals surface area contributed by atoms with Crippen LogP contribution in [0.25, 0.3) is 0 Å². The van der Waals surface area contributed by atoms with E-state index in [4.69, 9.17) is 49.5 Å². The van der Waals surface area contributed by atoms with E-state index in [9.17, 15) is 0 Å². The molecule has 5 nitrogen and oxygen atoms in total. The fourth-order valence-electron chi connectivity index (χ4n) is 2.51. The first-order valence-electron chi connectivity index (χ1n) is 21.1. The van der Waals surface area contributed by atoms with Gasteiger partial charge in [0.1, 0.15) is 0 Å². The molecule has 1 aliphatic rings. The molecule has 2 aromatic rings. The summed E-state index contributed by atoms with van der Waals surface area (Å²) in [7, 11) is 89.5. The maximum absolute atomic E-state index is 5.45. The zero-order valence-electron chi connectivity index (χ0n) is 46.2. The molecule has 1 saturated heterocycles. The molecule has 0 atom stereocenters. The van der Waals surface area contributed by atoms with Crippen molar-refractivity contribution >= 4 is 511 Å². The third kappa shape index (κ3) is 115. The molecule has 0 saturated carbocycles. The van der Waals surface area contributed by atoms with Crippen LogP contribution in [0.15, 0.2) is 48.5 Å². The van der Waals surface area contributed by atoms with Gasteiger partial charge in [0.2, 0.25) is 0 Å². The summed E-state index contributed by atoms with van der Waals surface area (Å²) in [5.41, 5.74) is 1.14. The van der Waals surface area contributed by atoms with E-state index in [1.54, 1.807) is 308 Å². The minimum Gasteiger partial charge on any atom is -0.530 e. The molecule has 0 amide bonds. The van der Waals surface area contributed by atoms with E-state index in [-0.39, 0.29) is 32.7 Å². The van der Waals surface area contributed by atoms with Crippen LogP contribution >= 0.6 is 0 Å². The van der Waals surface area contributed by atoms with Gasteiger partial charge in [0.15, 0.2) is 0 Å². The summed E-state index contributed by atoms with van der Waals surface area (Å²) in [5.74, 6) is 0.608. The van der Waals surface area contributed by atoms with E-state index >= 15 is 0 Å². The number of ether oxygens (including phenoxy) is 1. The molecule has 0 spiro atoms. The molecule has 1 N–H and O–H groups in total. The van der Waals surface area contributed by atoms with Crippen molar-refractivity contribution in [2.75, 3.05) is 53.4 Å². The third-order valence-electron chi connectivity index (χ3n) is 5.22. The van der Waals surface area contributed by atoms with Gasteiger partial charge in [0.05, 0.1) is 12.5 Å². The Hall–Kier alpha value is 11.5. The van der Waals surface area contributed by atoms with Crippen molar-refractivity contribution in [1.29, 1.82) is 0 Å². The van der Waals surface area contributed by atoms with Gasteiger partial charge in [-0.05, 0) is 19.7 Å². The summed E-state index contributed by atoms with van der Waals surface area (Å²) in [5, 5.41) is 3.27. The van der Waals surface area contributed by atoms with Crippen LogP contribution in [0.5, 0.6) is 5.88 Å². The smallest absolute Gasteiger partial charge is 0.530 e. The first-order valence-corrected chi connectivity index (χ1v) is 91.8. The van der Waals surface area contributed by atoms with Crippen molar-refractivity contribution in [2.24, 2.45) is 0 Å². The van der Waals surface area contributed by atoms with Crippen LogP contribution in [0.3, 0.4) is 0 Å². The molecule has 0 aliphatic carbocycles. The number of aromatic nitrogens is 1. The van der Waals surface area contributed by atoms with Crippen LogP contribution in [0, 0.1) is 20.0 Å². The zero-order chi connectivity index (χ0) is 67.1. The second-order valence-corrected chi connectivity index (χ2v) is 98.1. The van der Waals surface area contributed by atoms with Crippen LogP contribution < -0.4 is 10.1 Å². The second-order valence-electron chi connectivity index (χ2n) is 9.64. The zero-order valence-corrected chi connectivity index (χ0v) is 94.7. The fourth-order valence-corrected chi connectivity index (χ4v) is 123. The topological polar surface area (TPSA) is 40.6 Å². The summed E-state index contributed by atoms with van der Waals surface area (Å²) in [4.78, 5) is 8.30. The molecule has 90 heavy (non-hydrogen) atoms. The molecule has 0 bridgehead atoms. The SMILES string of the molecule is CC.CC.CC.CN1CCNCC1.S=S=S=S=S=S=S=S.S=S=S=S=S=S=S=S=S=S=S=S=S=S=S=S=S=S=S=S=S=S=S.S=S=S=S=S=S=S=S=S=S=S=S=S=S=S=S=S=S=S=S=S=S=S=S=S.[CH2-]CN(C)C[CH2-].[Y+3].[c-]1cccc(OCc2ccccc2)n1. The molecule has 528 valence electrons. The molecular formula is C28H51N4OS56Y. The van der Waals surface area contributed by atoms with Crippen molar-refractivity contribution in [1.82, 2.24) is 20.1 Å². The maximum Gasteiger partial charge on any atom is 3.00 e. The quantitative estimate of drug-likeness (QED) is 0.386. The normalized spacial score (nSPS) is 8.92. The van der Waals surface area contributed by atoms with Gasteiger partial charge in [-0.2, -0.15) is 12.1 Å². The number of hydrogen-bond donors (Lipinski definition) is 1. The van der Waals surface area contributed by atoms with Crippen molar-refractivity contribution in [2.45, 2.75) is 48.1 Å². The van der Waals surface area contributed by atoms with E-state index in [1.165, 1.54) is 66.4 Å². The summed E-state index contributed by atoms with van der Waals surface area (Å²) >= 11 is 28.3. The van der Waals surface area contributed by atoms with E-state index < -0.39 is 0 Å². The van der Waals surface area contributed by atoms with Crippen LogP contribution in [0.1, 0.15) is 47.1 Å². The molecule has 0 unspecified atom stereocenters. The van der Waals surface area contributed by atoms with Crippen molar-refractivity contribution in [3.05, 3.63) is 74.1 Å². The molecule has 0 radical (unpaired) electrons. The second kappa shape index (κ2) is 116. The average molecular weight is 2340 g/mol. The van der Waals surface area contributed by atoms with Gasteiger partial charge in [-0.3, -0.25) is 0 Å². The Kier molecular flexibility index (Phi) is 148. The molecule has 1 aliphatic heterocycles. The van der Waals surface area contributed by atoms with Gasteiger partial charge in [-0.1, -0.05) is 78.1 Å². The molecule has 62 heteroatoms. The van der Waals surface area contributed by atoms with Gasteiger partial charge in [0.25, 0.3) is 0 Å². The van der Waals surface area contributed by atoms with Crippen LogP contribution in [-0.4, -0.2) is 68.1 Å². The van der Waals surface area contributed by atoms with E-state index in [1.807, 2.05) is 185 Å². The van der Waals surface area contributed by atoms with E-state index in [2.05, 4.69) is 64.7 Å². The monoisotopic (exact) mass is 2340 g/mol. The number of hydrogen-bond acceptors (Lipinski definition) is 11. The van der Waals surface area contributed by atoms with Gasteiger partial charge in [0, 0.05) is 537 Å². The summed E-state index contributed by atoms with van der Waals surface area (Å²) < 4.78 is 5.45. The molecular weight excluding hydrogens is 2290 g/mol. The Balaban J connectivity index is -0.000000192. The number of nitrogens with one attached hydrogen (secondary N) is 1. The number of likely N-dealkylation sites (N-methyl/N-ethyl adjacent to an activating group) is 1. The summed E-state index contributed by atoms with van der Waals surface area (Å²) in [6.07, 6.45) is 2.72. The Labute approximate surface area is 732 Å². The number of piperazine rings is 1. The average Bonchev–Trinajstić information content (AvgIpc) is 3.79. The van der Waals surface area contributed by atoms with Crippen LogP contribution in [-0.2, 0) is 550 Å². The number of nitrogens with zero attached hydrogens (tertiary/aromatic N) is 3. The number of benzene rings is 1. The van der Waals surface area contributed by atoms with Crippen molar-refractivity contribution in [3.8, 4) is 5.88 Å². The number of pyridine rings is 1. The Morgan fingerprint density at radius 2 is 0.644 bits per heavy atom. The van der Waals surface area contributed by atoms with Gasteiger partial charge >= 0.3 is 32.7 Å². The molecule has 2 heterocycles. The third-order valence-corrected chi connectivity index (χ3v) is 110. The minimum absolute atomic E-state index is 0. The van der Waals surface area contributed by atoms with Crippen LogP contribution in [0.4, 0.5) is 0 Å². The number of rotatable bonds is 5. The van der Waals surface area contributed by atoms with Gasteiger partial charge in [-0.15, -0.1) is 19.2 Å². The first-order chi connectivity index (χ1) is 43.9. The Morgan fingerprint density at radius 3 is 0.811 bits per heavy atom. The molecule has 1 aromatic carbocycles. The summed E-state index contributed by atoms with van der Waals surface area (Å²) in [6, 6.07) is 15.4. The first kappa shape index (κ1) is 115. The Bertz CT molecular complexity index is 4410. The molecule has 3 rings (SSSR count). The predicted octanol–water partition coefficient (Wildman–Crippen LogP) is 5.51. The van der Waals surface area contributed by atoms with Crippen molar-refractivity contribution in [3.63, 3.8) is 0 Å². The van der Waals surface area contributed by atoms with Gasteiger partial charge in [-0.25, -0.2) is 0 Å². The van der Waals surface area contributed by atoms with E-state index in [0.29, 0.717) is 12.5 Å². The Morgan fingerprint density at radius 1 is 0.411 bits per heavy atom. The standard InChI is InChI=1S/C12H10NO.C5H12N2.C5H11N.3C2H6.S25.S23.S8.Y/c1-2-6-11(7-3-1)10-14-12-8-4-5-9-13-12;1-7-4-2-6-3-5-7;1-4-6(3)5-2;3*1-2;1-3-5-7-9-11-13-15-17-19-21-23-25-24-22-20-18-16-14-12-10-8-6-4-2;1-3-5-7-9-11-13-15-17-19-21-23-22-20-18-16-14-12-10-8-6-4-2;1-3-5-7-8-6-4-2;/h1-8H,10H2;6H,2-5H2,1H3;1-2,4-5H2,3H3;3*1-2H3;;;;/q-1;;-2;;;;;;;+3. The van der Waals surface area contributed by atoms with E-state index in [0.717, 1.165) is 31.7 Å².